The van der Waals surface area contributed by atoms with E-state index in [-0.39, 0.29) is 24.1 Å². The summed E-state index contributed by atoms with van der Waals surface area (Å²) in [4.78, 5) is 34.0. The largest absolute Gasteiger partial charge is 0.462 e. The molecule has 3 aliphatic heterocycles. The molecule has 240 valence electrons. The summed E-state index contributed by atoms with van der Waals surface area (Å²) in [6.07, 6.45) is 4.24. The Morgan fingerprint density at radius 1 is 1.17 bits per heavy atom. The van der Waals surface area contributed by atoms with Crippen LogP contribution < -0.4 is 14.5 Å². The van der Waals surface area contributed by atoms with Gasteiger partial charge < -0.3 is 24.3 Å². The van der Waals surface area contributed by atoms with Gasteiger partial charge in [0.05, 0.1) is 17.3 Å². The van der Waals surface area contributed by atoms with Crippen LogP contribution in [0.2, 0.25) is 5.02 Å². The average molecular weight is 648 g/mol. The van der Waals surface area contributed by atoms with Crippen molar-refractivity contribution in [2.24, 2.45) is 5.92 Å². The molecule has 1 saturated carbocycles. The van der Waals surface area contributed by atoms with E-state index < -0.39 is 23.6 Å². The molecule has 1 aromatic heterocycles. The van der Waals surface area contributed by atoms with Gasteiger partial charge in [-0.2, -0.15) is 9.97 Å². The first kappa shape index (κ1) is 30.6. The van der Waals surface area contributed by atoms with Crippen LogP contribution in [-0.4, -0.2) is 90.2 Å². The molecule has 0 spiro atoms. The van der Waals surface area contributed by atoms with E-state index in [0.717, 1.165) is 22.3 Å². The highest BCUT2D eigenvalue weighted by atomic mass is 35.5. The fourth-order valence-corrected chi connectivity index (χ4v) is 8.20. The highest BCUT2D eigenvalue weighted by Gasteiger charge is 2.44. The standard InChI is InChI=1S/C34H36ClF2N7O2/c1-20(36)33(45)44-14-13-43(17-24(44)16-38-2)32-25-11-12-42(28-6-4-5-21-8-10-26(37)31(35)30(21)28)18-27(25)39-34(40-32)46-19-29-22-7-9-23(15-22)41(29)3/h4-6,8,10,22-24,29H,1,7,9,11-19H2,3H3/t22-,23+,24+,29-/m1/s1. The van der Waals surface area contributed by atoms with E-state index in [4.69, 9.17) is 32.9 Å². The monoisotopic (exact) mass is 647 g/mol. The maximum absolute atomic E-state index is 14.6. The third kappa shape index (κ3) is 5.41. The zero-order valence-electron chi connectivity index (χ0n) is 25.8. The van der Waals surface area contributed by atoms with Crippen molar-refractivity contribution in [3.05, 3.63) is 76.3 Å². The lowest BCUT2D eigenvalue weighted by atomic mass is 10.00. The molecule has 1 amide bonds. The number of amides is 1. The second-order valence-corrected chi connectivity index (χ2v) is 13.2. The Morgan fingerprint density at radius 2 is 2.02 bits per heavy atom. The summed E-state index contributed by atoms with van der Waals surface area (Å²) in [7, 11) is 2.16. The predicted octanol–water partition coefficient (Wildman–Crippen LogP) is 5.27. The van der Waals surface area contributed by atoms with Crippen LogP contribution >= 0.6 is 11.6 Å². The van der Waals surface area contributed by atoms with E-state index in [1.54, 1.807) is 6.07 Å². The SMILES string of the molecule is [C-]#[N+]C[C@H]1CN(c2nc(OC[C@@H]3[C@@H]4CC[C@@H](C4)N3C)nc3c2CCN(c2cccc4ccc(F)c(Cl)c24)C3)CCN1C(=O)C(=C)F. The molecule has 2 aromatic carbocycles. The van der Waals surface area contributed by atoms with E-state index in [1.807, 2.05) is 18.2 Å². The van der Waals surface area contributed by atoms with Crippen LogP contribution in [-0.2, 0) is 17.8 Å². The van der Waals surface area contributed by atoms with E-state index >= 15 is 0 Å². The Labute approximate surface area is 272 Å². The smallest absolute Gasteiger partial charge is 0.318 e. The predicted molar refractivity (Wildman–Crippen MR) is 173 cm³/mol. The Hall–Kier alpha value is -4.01. The molecule has 7 rings (SSSR count). The number of fused-ring (bicyclic) bond motifs is 4. The second kappa shape index (κ2) is 12.3. The van der Waals surface area contributed by atoms with E-state index in [2.05, 4.69) is 33.2 Å². The molecule has 46 heavy (non-hydrogen) atoms. The summed E-state index contributed by atoms with van der Waals surface area (Å²) in [5, 5.41) is 1.61. The van der Waals surface area contributed by atoms with Crippen molar-refractivity contribution in [3.8, 4) is 6.01 Å². The van der Waals surface area contributed by atoms with Crippen LogP contribution in [0.25, 0.3) is 15.6 Å². The van der Waals surface area contributed by atoms with Gasteiger partial charge in [0.1, 0.15) is 24.3 Å². The molecule has 12 heteroatoms. The Morgan fingerprint density at radius 3 is 2.78 bits per heavy atom. The molecule has 4 aliphatic rings. The minimum Gasteiger partial charge on any atom is -0.462 e. The van der Waals surface area contributed by atoms with Gasteiger partial charge in [-0.05, 0) is 56.2 Å². The maximum Gasteiger partial charge on any atom is 0.318 e. The number of carbonyl (C=O) groups is 1. The Bertz CT molecular complexity index is 1750. The van der Waals surface area contributed by atoms with Crippen molar-refractivity contribution >= 4 is 39.8 Å². The number of likely N-dealkylation sites (tertiary alicyclic amines) is 1. The lowest BCUT2D eigenvalue weighted by molar-refractivity contribution is -0.131. The van der Waals surface area contributed by atoms with Crippen LogP contribution in [0.3, 0.4) is 0 Å². The van der Waals surface area contributed by atoms with Crippen LogP contribution in [0, 0.1) is 18.3 Å². The van der Waals surface area contributed by atoms with Gasteiger partial charge in [-0.15, -0.1) is 0 Å². The average Bonchev–Trinajstić information content (AvgIpc) is 3.66. The van der Waals surface area contributed by atoms with Gasteiger partial charge in [0.2, 0.25) is 6.54 Å². The zero-order valence-corrected chi connectivity index (χ0v) is 26.5. The van der Waals surface area contributed by atoms with Gasteiger partial charge in [-0.1, -0.05) is 36.4 Å². The van der Waals surface area contributed by atoms with E-state index in [0.29, 0.717) is 68.4 Å². The third-order valence-electron chi connectivity index (χ3n) is 10.3. The summed E-state index contributed by atoms with van der Waals surface area (Å²) in [6, 6.07) is 9.60. The summed E-state index contributed by atoms with van der Waals surface area (Å²) >= 11 is 6.50. The number of piperazine rings is 1. The molecular weight excluding hydrogens is 612 g/mol. The maximum atomic E-state index is 14.6. The van der Waals surface area contributed by atoms with Gasteiger partial charge in [-0.3, -0.25) is 9.69 Å². The summed E-state index contributed by atoms with van der Waals surface area (Å²) in [5.41, 5.74) is 2.60. The fourth-order valence-electron chi connectivity index (χ4n) is 7.94. The van der Waals surface area contributed by atoms with Gasteiger partial charge in [0.15, 0.2) is 5.83 Å². The number of halogens is 3. The van der Waals surface area contributed by atoms with Crippen molar-refractivity contribution in [2.75, 3.05) is 56.2 Å². The van der Waals surface area contributed by atoms with E-state index in [1.165, 1.54) is 30.2 Å². The lowest BCUT2D eigenvalue weighted by Crippen LogP contribution is -2.57. The lowest BCUT2D eigenvalue weighted by Gasteiger charge is -2.41. The molecule has 9 nitrogen and oxygen atoms in total. The fraction of sp³-hybridized carbons (Fsp3) is 0.471. The molecule has 2 saturated heterocycles. The number of nitrogens with zero attached hydrogens (tertiary/aromatic N) is 7. The first-order valence-electron chi connectivity index (χ1n) is 15.8. The zero-order chi connectivity index (χ0) is 32.1. The molecule has 2 bridgehead atoms. The number of benzene rings is 2. The first-order valence-corrected chi connectivity index (χ1v) is 16.2. The molecule has 0 radical (unpaired) electrons. The molecule has 4 heterocycles. The van der Waals surface area contributed by atoms with Gasteiger partial charge in [-0.25, -0.2) is 15.4 Å². The Kier molecular flexibility index (Phi) is 8.19. The summed E-state index contributed by atoms with van der Waals surface area (Å²) in [6.45, 7) is 13.2. The summed E-state index contributed by atoms with van der Waals surface area (Å²) in [5.74, 6) is -0.961. The highest BCUT2D eigenvalue weighted by molar-refractivity contribution is 6.36. The van der Waals surface area contributed by atoms with Crippen molar-refractivity contribution in [3.63, 3.8) is 0 Å². The minimum atomic E-state index is -1.03. The van der Waals surface area contributed by atoms with Crippen molar-refractivity contribution in [1.82, 2.24) is 19.8 Å². The third-order valence-corrected chi connectivity index (χ3v) is 10.7. The molecular formula is C34H36ClF2N7O2. The van der Waals surface area contributed by atoms with Crippen molar-refractivity contribution in [1.29, 1.82) is 0 Å². The van der Waals surface area contributed by atoms with Crippen molar-refractivity contribution in [2.45, 2.75) is 50.4 Å². The normalized spacial score (nSPS) is 24.3. The number of rotatable bonds is 7. The van der Waals surface area contributed by atoms with Crippen LogP contribution in [0.1, 0.15) is 30.5 Å². The molecule has 1 aliphatic carbocycles. The highest BCUT2D eigenvalue weighted by Crippen LogP contribution is 2.42. The Balaban J connectivity index is 1.22. The molecule has 4 atom stereocenters. The summed E-state index contributed by atoms with van der Waals surface area (Å²) < 4.78 is 34.8. The first-order chi connectivity index (χ1) is 22.2. The van der Waals surface area contributed by atoms with Gasteiger partial charge >= 0.3 is 6.01 Å². The minimum absolute atomic E-state index is 0.0366. The number of piperidine rings is 1. The molecule has 3 aromatic rings. The molecule has 3 fully saturated rings. The van der Waals surface area contributed by atoms with Gasteiger partial charge in [0.25, 0.3) is 5.91 Å². The number of aromatic nitrogens is 2. The van der Waals surface area contributed by atoms with Crippen LogP contribution in [0.15, 0.2) is 42.7 Å². The van der Waals surface area contributed by atoms with Crippen LogP contribution in [0.4, 0.5) is 20.3 Å². The van der Waals surface area contributed by atoms with Crippen molar-refractivity contribution < 1.29 is 18.3 Å². The molecule has 0 N–H and O–H groups in total. The number of hydrogen-bond donors (Lipinski definition) is 0. The number of ether oxygens (including phenoxy) is 1. The number of likely N-dealkylation sites (N-methyl/N-ethyl adjacent to an activating group) is 1. The quantitative estimate of drug-likeness (QED) is 0.256. The van der Waals surface area contributed by atoms with E-state index in [9.17, 15) is 13.6 Å². The number of carbonyl (C=O) groups excluding carboxylic acids is 1. The second-order valence-electron chi connectivity index (χ2n) is 12.8. The number of anilines is 2. The van der Waals surface area contributed by atoms with Crippen LogP contribution in [0.5, 0.6) is 6.01 Å². The topological polar surface area (TPSA) is 69.4 Å². The number of hydrogen-bond acceptors (Lipinski definition) is 7. The van der Waals surface area contributed by atoms with Gasteiger partial charge in [0, 0.05) is 54.9 Å². The molecule has 0 unspecified atom stereocenters.